The number of pyridine rings is 1. The first-order chi connectivity index (χ1) is 7.41. The van der Waals surface area contributed by atoms with Crippen molar-refractivity contribution in [1.29, 1.82) is 0 Å². The number of fused-ring (bicyclic) bond motifs is 1. The van der Waals surface area contributed by atoms with Crippen LogP contribution in [-0.4, -0.2) is 17.1 Å². The van der Waals surface area contributed by atoms with Crippen LogP contribution in [0.25, 0.3) is 0 Å². The lowest BCUT2D eigenvalue weighted by molar-refractivity contribution is 0.514. The first-order valence-electron chi connectivity index (χ1n) is 6.16. The molecule has 0 amide bonds. The van der Waals surface area contributed by atoms with E-state index in [9.17, 15) is 0 Å². The summed E-state index contributed by atoms with van der Waals surface area (Å²) < 4.78 is 0. The van der Waals surface area contributed by atoms with Crippen LogP contribution in [0.15, 0.2) is 12.3 Å². The normalized spacial score (nSPS) is 15.8. The van der Waals surface area contributed by atoms with Gasteiger partial charge in [-0.25, -0.2) is 4.98 Å². The van der Waals surface area contributed by atoms with Gasteiger partial charge in [-0.05, 0) is 50.3 Å². The second-order valence-electron chi connectivity index (χ2n) is 5.93. The highest BCUT2D eigenvalue weighted by Crippen LogP contribution is 2.35. The first-order valence-corrected chi connectivity index (χ1v) is 6.16. The third kappa shape index (κ3) is 1.81. The van der Waals surface area contributed by atoms with Crippen LogP contribution >= 0.6 is 0 Å². The van der Waals surface area contributed by atoms with Crippen LogP contribution in [0.1, 0.15) is 51.7 Å². The molecule has 2 heteroatoms. The number of hydrogen-bond donors (Lipinski definition) is 0. The monoisotopic (exact) mass is 218 g/mol. The van der Waals surface area contributed by atoms with E-state index >= 15 is 0 Å². The van der Waals surface area contributed by atoms with Crippen molar-refractivity contribution in [3.05, 3.63) is 23.4 Å². The maximum absolute atomic E-state index is 4.58. The molecule has 1 aliphatic rings. The van der Waals surface area contributed by atoms with E-state index in [-0.39, 0.29) is 5.54 Å². The Labute approximate surface area is 98.7 Å². The fraction of sp³-hybridized carbons (Fsp3) is 0.643. The maximum Gasteiger partial charge on any atom is 0.132 e. The van der Waals surface area contributed by atoms with Gasteiger partial charge in [-0.15, -0.1) is 0 Å². The van der Waals surface area contributed by atoms with Crippen LogP contribution < -0.4 is 4.90 Å². The summed E-state index contributed by atoms with van der Waals surface area (Å²) >= 11 is 0. The van der Waals surface area contributed by atoms with E-state index in [1.54, 1.807) is 0 Å². The smallest absolute Gasteiger partial charge is 0.132 e. The van der Waals surface area contributed by atoms with Crippen molar-refractivity contribution in [2.24, 2.45) is 0 Å². The standard InChI is InChI=1S/C14H22N2/c1-10(2)11-6-8-15-13-12(11)7-9-16(13)14(3,4)5/h6,8,10H,7,9H2,1-5H3. The van der Waals surface area contributed by atoms with Gasteiger partial charge < -0.3 is 4.90 Å². The summed E-state index contributed by atoms with van der Waals surface area (Å²) in [6, 6.07) is 2.18. The lowest BCUT2D eigenvalue weighted by atomic mass is 9.98. The molecule has 0 saturated heterocycles. The second kappa shape index (κ2) is 3.76. The highest BCUT2D eigenvalue weighted by molar-refractivity contribution is 5.57. The number of aromatic nitrogens is 1. The number of rotatable bonds is 1. The van der Waals surface area contributed by atoms with Crippen molar-refractivity contribution in [3.63, 3.8) is 0 Å². The molecule has 0 atom stereocenters. The van der Waals surface area contributed by atoms with Crippen molar-refractivity contribution in [2.45, 2.75) is 52.5 Å². The van der Waals surface area contributed by atoms with Gasteiger partial charge in [0, 0.05) is 18.3 Å². The molecule has 0 saturated carbocycles. The molecule has 1 aliphatic heterocycles. The van der Waals surface area contributed by atoms with E-state index in [2.05, 4.69) is 50.6 Å². The minimum Gasteiger partial charge on any atom is -0.351 e. The molecule has 1 aromatic rings. The van der Waals surface area contributed by atoms with Crippen LogP contribution in [0.3, 0.4) is 0 Å². The number of hydrogen-bond acceptors (Lipinski definition) is 2. The molecule has 0 spiro atoms. The van der Waals surface area contributed by atoms with Gasteiger partial charge in [0.2, 0.25) is 0 Å². The largest absolute Gasteiger partial charge is 0.351 e. The predicted molar refractivity (Wildman–Crippen MR) is 69.1 cm³/mol. The number of nitrogens with zero attached hydrogens (tertiary/aromatic N) is 2. The third-order valence-corrected chi connectivity index (χ3v) is 3.34. The van der Waals surface area contributed by atoms with E-state index in [0.717, 1.165) is 13.0 Å². The summed E-state index contributed by atoms with van der Waals surface area (Å²) in [7, 11) is 0. The zero-order chi connectivity index (χ0) is 11.9. The van der Waals surface area contributed by atoms with Crippen molar-refractivity contribution < 1.29 is 0 Å². The molecule has 0 aromatic carbocycles. The molecule has 1 aromatic heterocycles. The van der Waals surface area contributed by atoms with Crippen LogP contribution in [0, 0.1) is 0 Å². The van der Waals surface area contributed by atoms with Gasteiger partial charge in [0.25, 0.3) is 0 Å². The zero-order valence-electron chi connectivity index (χ0n) is 11.0. The molecule has 0 unspecified atom stereocenters. The average Bonchev–Trinajstić information content (AvgIpc) is 2.59. The Morgan fingerprint density at radius 2 is 2.00 bits per heavy atom. The van der Waals surface area contributed by atoms with E-state index in [4.69, 9.17) is 0 Å². The Balaban J connectivity index is 2.46. The highest BCUT2D eigenvalue weighted by Gasteiger charge is 2.31. The van der Waals surface area contributed by atoms with E-state index in [0.29, 0.717) is 5.92 Å². The molecule has 2 nitrogen and oxygen atoms in total. The summed E-state index contributed by atoms with van der Waals surface area (Å²) in [5.41, 5.74) is 3.11. The van der Waals surface area contributed by atoms with Gasteiger partial charge in [-0.1, -0.05) is 13.8 Å². The van der Waals surface area contributed by atoms with Gasteiger partial charge in [0.15, 0.2) is 0 Å². The predicted octanol–water partition coefficient (Wildman–Crippen LogP) is 3.37. The Bertz CT molecular complexity index is 388. The van der Waals surface area contributed by atoms with Crippen molar-refractivity contribution >= 4 is 5.82 Å². The quantitative estimate of drug-likeness (QED) is 0.718. The molecule has 0 N–H and O–H groups in total. The lowest BCUT2D eigenvalue weighted by Gasteiger charge is -2.33. The van der Waals surface area contributed by atoms with E-state index in [1.807, 2.05) is 6.20 Å². The summed E-state index contributed by atoms with van der Waals surface area (Å²) in [5, 5.41) is 0. The molecule has 0 radical (unpaired) electrons. The lowest BCUT2D eigenvalue weighted by Crippen LogP contribution is -2.40. The van der Waals surface area contributed by atoms with Crippen LogP contribution in [0.4, 0.5) is 5.82 Å². The fourth-order valence-electron chi connectivity index (χ4n) is 2.51. The summed E-state index contributed by atoms with van der Waals surface area (Å²) in [6.45, 7) is 12.4. The molecule has 88 valence electrons. The topological polar surface area (TPSA) is 16.1 Å². The molecule has 2 heterocycles. The highest BCUT2D eigenvalue weighted by atomic mass is 15.3. The Morgan fingerprint density at radius 1 is 1.31 bits per heavy atom. The number of anilines is 1. The maximum atomic E-state index is 4.58. The minimum atomic E-state index is 0.174. The van der Waals surface area contributed by atoms with Crippen molar-refractivity contribution in [1.82, 2.24) is 4.98 Å². The summed E-state index contributed by atoms with van der Waals surface area (Å²) in [5.74, 6) is 1.80. The van der Waals surface area contributed by atoms with Gasteiger partial charge >= 0.3 is 0 Å². The molecule has 0 fully saturated rings. The fourth-order valence-corrected chi connectivity index (χ4v) is 2.51. The second-order valence-corrected chi connectivity index (χ2v) is 5.93. The Kier molecular flexibility index (Phi) is 2.69. The Morgan fingerprint density at radius 3 is 2.56 bits per heavy atom. The Hall–Kier alpha value is -1.05. The zero-order valence-corrected chi connectivity index (χ0v) is 11.0. The summed E-state index contributed by atoms with van der Waals surface area (Å²) in [4.78, 5) is 7.00. The van der Waals surface area contributed by atoms with Gasteiger partial charge in [-0.2, -0.15) is 0 Å². The molecular weight excluding hydrogens is 196 g/mol. The first kappa shape index (κ1) is 11.4. The molecule has 16 heavy (non-hydrogen) atoms. The minimum absolute atomic E-state index is 0.174. The van der Waals surface area contributed by atoms with Gasteiger partial charge in [-0.3, -0.25) is 0 Å². The van der Waals surface area contributed by atoms with E-state index < -0.39 is 0 Å². The average molecular weight is 218 g/mol. The van der Waals surface area contributed by atoms with Crippen LogP contribution in [0.2, 0.25) is 0 Å². The summed E-state index contributed by atoms with van der Waals surface area (Å²) in [6.07, 6.45) is 3.10. The molecule has 2 rings (SSSR count). The third-order valence-electron chi connectivity index (χ3n) is 3.34. The van der Waals surface area contributed by atoms with Crippen LogP contribution in [0.5, 0.6) is 0 Å². The van der Waals surface area contributed by atoms with Crippen molar-refractivity contribution in [3.8, 4) is 0 Å². The molecule has 0 bridgehead atoms. The van der Waals surface area contributed by atoms with Crippen molar-refractivity contribution in [2.75, 3.05) is 11.4 Å². The SMILES string of the molecule is CC(C)c1ccnc2c1CCN2C(C)(C)C. The van der Waals surface area contributed by atoms with Gasteiger partial charge in [0.1, 0.15) is 5.82 Å². The van der Waals surface area contributed by atoms with Crippen LogP contribution in [-0.2, 0) is 6.42 Å². The molecule has 0 aliphatic carbocycles. The van der Waals surface area contributed by atoms with Gasteiger partial charge in [0.05, 0.1) is 0 Å². The molecular formula is C14H22N2. The van der Waals surface area contributed by atoms with E-state index in [1.165, 1.54) is 16.9 Å².